The summed E-state index contributed by atoms with van der Waals surface area (Å²) in [6, 6.07) is 8.06. The number of benzene rings is 1. The molecule has 1 aliphatic rings. The van der Waals surface area contributed by atoms with E-state index in [2.05, 4.69) is 17.9 Å². The maximum absolute atomic E-state index is 5.91. The Hall–Kier alpha value is -1.34. The zero-order valence-corrected chi connectivity index (χ0v) is 10.5. The molecule has 0 radical (unpaired) electrons. The second kappa shape index (κ2) is 7.17. The average molecular weight is 245 g/mol. The summed E-state index contributed by atoms with van der Waals surface area (Å²) in [5, 5.41) is 0. The fourth-order valence-corrected chi connectivity index (χ4v) is 1.96. The third-order valence-electron chi connectivity index (χ3n) is 2.99. The Morgan fingerprint density at radius 3 is 2.83 bits per heavy atom. The van der Waals surface area contributed by atoms with Crippen molar-refractivity contribution in [3.8, 4) is 11.8 Å². The summed E-state index contributed by atoms with van der Waals surface area (Å²) in [5.41, 5.74) is 7.54. The Kier molecular flexibility index (Phi) is 5.22. The largest absolute Gasteiger partial charge is 0.381 e. The van der Waals surface area contributed by atoms with Crippen molar-refractivity contribution in [3.63, 3.8) is 0 Å². The topological polar surface area (TPSA) is 44.5 Å². The first-order valence-corrected chi connectivity index (χ1v) is 6.36. The third-order valence-corrected chi connectivity index (χ3v) is 2.99. The lowest BCUT2D eigenvalue weighted by Crippen LogP contribution is -2.23. The van der Waals surface area contributed by atoms with E-state index < -0.39 is 0 Å². The highest BCUT2D eigenvalue weighted by atomic mass is 16.5. The summed E-state index contributed by atoms with van der Waals surface area (Å²) in [6.07, 6.45) is 2.28. The van der Waals surface area contributed by atoms with E-state index in [1.54, 1.807) is 0 Å². The van der Waals surface area contributed by atoms with E-state index in [4.69, 9.17) is 15.2 Å². The quantitative estimate of drug-likeness (QED) is 0.824. The molecule has 3 nitrogen and oxygen atoms in total. The van der Waals surface area contributed by atoms with Crippen molar-refractivity contribution < 1.29 is 9.47 Å². The van der Waals surface area contributed by atoms with Gasteiger partial charge < -0.3 is 15.2 Å². The van der Waals surface area contributed by atoms with E-state index >= 15 is 0 Å². The molecular formula is C15H19NO2. The van der Waals surface area contributed by atoms with Gasteiger partial charge >= 0.3 is 0 Å². The van der Waals surface area contributed by atoms with Gasteiger partial charge in [-0.1, -0.05) is 30.0 Å². The molecule has 1 aliphatic heterocycles. The van der Waals surface area contributed by atoms with Gasteiger partial charge in [0.25, 0.3) is 0 Å². The molecule has 2 N–H and O–H groups in total. The molecule has 0 aliphatic carbocycles. The zero-order valence-electron chi connectivity index (χ0n) is 10.5. The van der Waals surface area contributed by atoms with Gasteiger partial charge in [0.1, 0.15) is 0 Å². The minimum absolute atomic E-state index is 0.314. The molecule has 96 valence electrons. The standard InChI is InChI=1S/C15H19NO2/c16-9-3-6-13-4-1-2-5-14(13)12-18-15-7-10-17-11-8-15/h1-2,4-5,15H,7-12,16H2. The van der Waals surface area contributed by atoms with Gasteiger partial charge in [0.2, 0.25) is 0 Å². The summed E-state index contributed by atoms with van der Waals surface area (Å²) in [6.45, 7) is 2.60. The number of hydrogen-bond donors (Lipinski definition) is 1. The number of ether oxygens (including phenoxy) is 2. The van der Waals surface area contributed by atoms with E-state index in [1.807, 2.05) is 18.2 Å². The summed E-state index contributed by atoms with van der Waals surface area (Å²) >= 11 is 0. The smallest absolute Gasteiger partial charge is 0.0732 e. The second-order valence-corrected chi connectivity index (χ2v) is 4.29. The van der Waals surface area contributed by atoms with Gasteiger partial charge in [-0.25, -0.2) is 0 Å². The van der Waals surface area contributed by atoms with Crippen LogP contribution in [0.3, 0.4) is 0 Å². The molecule has 0 atom stereocenters. The molecule has 1 aromatic rings. The van der Waals surface area contributed by atoms with Gasteiger partial charge in [-0.15, -0.1) is 0 Å². The number of hydrogen-bond acceptors (Lipinski definition) is 3. The number of nitrogens with two attached hydrogens (primary N) is 1. The van der Waals surface area contributed by atoms with Crippen LogP contribution in [0.15, 0.2) is 24.3 Å². The van der Waals surface area contributed by atoms with Crippen molar-refractivity contribution in [2.75, 3.05) is 19.8 Å². The van der Waals surface area contributed by atoms with E-state index in [0.29, 0.717) is 19.3 Å². The maximum Gasteiger partial charge on any atom is 0.0732 e. The van der Waals surface area contributed by atoms with Crippen LogP contribution in [0.25, 0.3) is 0 Å². The first-order chi connectivity index (χ1) is 8.90. The van der Waals surface area contributed by atoms with Crippen LogP contribution in [-0.2, 0) is 16.1 Å². The molecule has 2 rings (SSSR count). The third kappa shape index (κ3) is 3.85. The summed E-state index contributed by atoms with van der Waals surface area (Å²) < 4.78 is 11.2. The number of rotatable bonds is 3. The fourth-order valence-electron chi connectivity index (χ4n) is 1.96. The summed E-state index contributed by atoms with van der Waals surface area (Å²) in [4.78, 5) is 0. The summed E-state index contributed by atoms with van der Waals surface area (Å²) in [5.74, 6) is 5.97. The van der Waals surface area contributed by atoms with Crippen molar-refractivity contribution in [1.29, 1.82) is 0 Å². The molecule has 0 spiro atoms. The molecular weight excluding hydrogens is 226 g/mol. The van der Waals surface area contributed by atoms with Crippen molar-refractivity contribution in [3.05, 3.63) is 35.4 Å². The Morgan fingerprint density at radius 2 is 2.06 bits per heavy atom. The van der Waals surface area contributed by atoms with Gasteiger partial charge in [-0.2, -0.15) is 0 Å². The lowest BCUT2D eigenvalue weighted by atomic mass is 10.1. The van der Waals surface area contributed by atoms with Crippen LogP contribution < -0.4 is 5.73 Å². The highest BCUT2D eigenvalue weighted by Crippen LogP contribution is 2.15. The van der Waals surface area contributed by atoms with E-state index in [1.165, 1.54) is 0 Å². The monoisotopic (exact) mass is 245 g/mol. The van der Waals surface area contributed by atoms with Crippen LogP contribution in [0.2, 0.25) is 0 Å². The van der Waals surface area contributed by atoms with Gasteiger partial charge in [0.05, 0.1) is 19.3 Å². The molecule has 1 heterocycles. The van der Waals surface area contributed by atoms with Gasteiger partial charge in [0, 0.05) is 18.8 Å². The SMILES string of the molecule is NCC#Cc1ccccc1COC1CCOCC1. The molecule has 1 aromatic carbocycles. The Bertz CT molecular complexity index is 428. The van der Waals surface area contributed by atoms with Crippen LogP contribution in [-0.4, -0.2) is 25.9 Å². The van der Waals surface area contributed by atoms with Crippen molar-refractivity contribution in [2.24, 2.45) is 5.73 Å². The van der Waals surface area contributed by atoms with E-state index in [9.17, 15) is 0 Å². The van der Waals surface area contributed by atoms with Crippen molar-refractivity contribution in [2.45, 2.75) is 25.6 Å². The fraction of sp³-hybridized carbons (Fsp3) is 0.467. The molecule has 18 heavy (non-hydrogen) atoms. The highest BCUT2D eigenvalue weighted by Gasteiger charge is 2.14. The molecule has 0 amide bonds. The van der Waals surface area contributed by atoms with Crippen molar-refractivity contribution >= 4 is 0 Å². The lowest BCUT2D eigenvalue weighted by molar-refractivity contribution is -0.0391. The van der Waals surface area contributed by atoms with Crippen LogP contribution in [0.4, 0.5) is 0 Å². The van der Waals surface area contributed by atoms with E-state index in [0.717, 1.165) is 37.2 Å². The average Bonchev–Trinajstić information content (AvgIpc) is 2.45. The molecule has 1 fully saturated rings. The molecule has 0 saturated carbocycles. The molecule has 3 heteroatoms. The lowest BCUT2D eigenvalue weighted by Gasteiger charge is -2.22. The maximum atomic E-state index is 5.91. The molecule has 1 saturated heterocycles. The van der Waals surface area contributed by atoms with Crippen LogP contribution >= 0.6 is 0 Å². The first kappa shape index (κ1) is 13.1. The van der Waals surface area contributed by atoms with Gasteiger partial charge in [0.15, 0.2) is 0 Å². The minimum Gasteiger partial charge on any atom is -0.381 e. The Balaban J connectivity index is 1.95. The molecule has 0 aromatic heterocycles. The van der Waals surface area contributed by atoms with Crippen LogP contribution in [0.1, 0.15) is 24.0 Å². The predicted molar refractivity (Wildman–Crippen MR) is 71.0 cm³/mol. The van der Waals surface area contributed by atoms with Gasteiger partial charge in [-0.3, -0.25) is 0 Å². The normalized spacial score (nSPS) is 16.1. The predicted octanol–water partition coefficient (Wildman–Crippen LogP) is 1.69. The van der Waals surface area contributed by atoms with E-state index in [-0.39, 0.29) is 0 Å². The minimum atomic E-state index is 0.314. The van der Waals surface area contributed by atoms with Crippen LogP contribution in [0, 0.1) is 11.8 Å². The first-order valence-electron chi connectivity index (χ1n) is 6.36. The molecule has 0 bridgehead atoms. The Morgan fingerprint density at radius 1 is 1.28 bits per heavy atom. The molecule has 0 unspecified atom stereocenters. The Labute approximate surface area is 108 Å². The highest BCUT2D eigenvalue weighted by molar-refractivity contribution is 5.41. The van der Waals surface area contributed by atoms with Crippen LogP contribution in [0.5, 0.6) is 0 Å². The van der Waals surface area contributed by atoms with Crippen molar-refractivity contribution in [1.82, 2.24) is 0 Å². The zero-order chi connectivity index (χ0) is 12.6. The summed E-state index contributed by atoms with van der Waals surface area (Å²) in [7, 11) is 0. The van der Waals surface area contributed by atoms with Gasteiger partial charge in [-0.05, 0) is 24.5 Å². The second-order valence-electron chi connectivity index (χ2n) is 4.29.